The molecular formula is C17H30N4O. The molecule has 2 aliphatic rings. The molecule has 22 heavy (non-hydrogen) atoms. The molecule has 0 bridgehead atoms. The Morgan fingerprint density at radius 1 is 1.23 bits per heavy atom. The van der Waals surface area contributed by atoms with Crippen molar-refractivity contribution in [1.82, 2.24) is 15.5 Å². The smallest absolute Gasteiger partial charge is 0.318 e. The molecule has 1 saturated heterocycles. The average molecular weight is 306 g/mol. The third kappa shape index (κ3) is 4.88. The molecule has 2 N–H and O–H groups in total. The van der Waals surface area contributed by atoms with E-state index in [1.807, 2.05) is 7.05 Å². The van der Waals surface area contributed by atoms with Gasteiger partial charge < -0.3 is 15.5 Å². The van der Waals surface area contributed by atoms with Crippen molar-refractivity contribution in [3.8, 4) is 6.07 Å². The van der Waals surface area contributed by atoms with E-state index in [1.165, 1.54) is 32.1 Å². The molecule has 124 valence electrons. The molecule has 2 atom stereocenters. The van der Waals surface area contributed by atoms with E-state index in [1.54, 1.807) is 4.90 Å². The number of nitrogens with zero attached hydrogens (tertiary/aromatic N) is 2. The fourth-order valence-electron chi connectivity index (χ4n) is 3.83. The van der Waals surface area contributed by atoms with Crippen molar-refractivity contribution >= 4 is 6.03 Å². The summed E-state index contributed by atoms with van der Waals surface area (Å²) >= 11 is 0. The highest BCUT2D eigenvalue weighted by atomic mass is 16.2. The molecule has 1 saturated carbocycles. The largest absolute Gasteiger partial charge is 0.334 e. The predicted molar refractivity (Wildman–Crippen MR) is 87.4 cm³/mol. The quantitative estimate of drug-likeness (QED) is 0.820. The SMILES string of the molecule is CNC[C@H](CC1CCCCC1)NC(=O)N1CCCCC1C#N. The first kappa shape index (κ1) is 17.1. The normalized spacial score (nSPS) is 24.5. The van der Waals surface area contributed by atoms with Crippen molar-refractivity contribution in [2.24, 2.45) is 5.92 Å². The topological polar surface area (TPSA) is 68.2 Å². The number of nitriles is 1. The number of likely N-dealkylation sites (N-methyl/N-ethyl adjacent to an activating group) is 1. The van der Waals surface area contributed by atoms with Gasteiger partial charge in [0, 0.05) is 19.1 Å². The van der Waals surface area contributed by atoms with Gasteiger partial charge in [-0.25, -0.2) is 4.79 Å². The second-order valence-corrected chi connectivity index (χ2v) is 6.78. The van der Waals surface area contributed by atoms with Crippen molar-refractivity contribution < 1.29 is 4.79 Å². The van der Waals surface area contributed by atoms with Crippen LogP contribution >= 0.6 is 0 Å². The van der Waals surface area contributed by atoms with Crippen LogP contribution in [-0.2, 0) is 0 Å². The van der Waals surface area contributed by atoms with E-state index >= 15 is 0 Å². The van der Waals surface area contributed by atoms with Gasteiger partial charge in [-0.1, -0.05) is 32.1 Å². The molecule has 5 heteroatoms. The minimum absolute atomic E-state index is 0.0534. The van der Waals surface area contributed by atoms with Crippen LogP contribution in [0.15, 0.2) is 0 Å². The van der Waals surface area contributed by atoms with Crippen LogP contribution in [0.3, 0.4) is 0 Å². The Balaban J connectivity index is 1.88. The Hall–Kier alpha value is -1.28. The molecule has 2 fully saturated rings. The molecular weight excluding hydrogens is 276 g/mol. The number of carbonyl (C=O) groups is 1. The van der Waals surface area contributed by atoms with Crippen LogP contribution < -0.4 is 10.6 Å². The summed E-state index contributed by atoms with van der Waals surface area (Å²) in [7, 11) is 1.93. The molecule has 0 radical (unpaired) electrons. The molecule has 0 spiro atoms. The van der Waals surface area contributed by atoms with Gasteiger partial charge in [0.1, 0.15) is 6.04 Å². The Labute approximate surface area is 134 Å². The van der Waals surface area contributed by atoms with Crippen molar-refractivity contribution in [3.05, 3.63) is 0 Å². The molecule has 0 aromatic carbocycles. The van der Waals surface area contributed by atoms with E-state index in [-0.39, 0.29) is 18.1 Å². The molecule has 1 aliphatic heterocycles. The van der Waals surface area contributed by atoms with Crippen molar-refractivity contribution in [3.63, 3.8) is 0 Å². The van der Waals surface area contributed by atoms with E-state index in [0.29, 0.717) is 6.54 Å². The molecule has 2 amide bonds. The maximum absolute atomic E-state index is 12.5. The van der Waals surface area contributed by atoms with Crippen LogP contribution in [0.1, 0.15) is 57.8 Å². The highest BCUT2D eigenvalue weighted by Crippen LogP contribution is 2.27. The summed E-state index contributed by atoms with van der Waals surface area (Å²) in [4.78, 5) is 14.3. The Morgan fingerprint density at radius 3 is 2.64 bits per heavy atom. The first-order chi connectivity index (χ1) is 10.7. The lowest BCUT2D eigenvalue weighted by Crippen LogP contribution is -2.53. The molecule has 0 aromatic rings. The highest BCUT2D eigenvalue weighted by Gasteiger charge is 2.28. The third-order valence-electron chi connectivity index (χ3n) is 5.03. The molecule has 0 aromatic heterocycles. The fraction of sp³-hybridized carbons (Fsp3) is 0.882. The summed E-state index contributed by atoms with van der Waals surface area (Å²) in [6.45, 7) is 1.51. The second kappa shape index (κ2) is 8.99. The number of amides is 2. The predicted octanol–water partition coefficient (Wildman–Crippen LogP) is 2.63. The van der Waals surface area contributed by atoms with Gasteiger partial charge in [0.15, 0.2) is 0 Å². The van der Waals surface area contributed by atoms with E-state index in [4.69, 9.17) is 0 Å². The van der Waals surface area contributed by atoms with E-state index in [9.17, 15) is 10.1 Å². The monoisotopic (exact) mass is 306 g/mol. The lowest BCUT2D eigenvalue weighted by Gasteiger charge is -2.34. The lowest BCUT2D eigenvalue weighted by atomic mass is 9.85. The average Bonchev–Trinajstić information content (AvgIpc) is 2.56. The fourth-order valence-corrected chi connectivity index (χ4v) is 3.83. The van der Waals surface area contributed by atoms with Crippen LogP contribution in [0, 0.1) is 17.2 Å². The minimum atomic E-state index is -0.251. The maximum atomic E-state index is 12.5. The summed E-state index contributed by atoms with van der Waals surface area (Å²) in [6.07, 6.45) is 10.5. The zero-order chi connectivity index (χ0) is 15.8. The number of hydrogen-bond donors (Lipinski definition) is 2. The van der Waals surface area contributed by atoms with Crippen molar-refractivity contribution in [2.75, 3.05) is 20.1 Å². The number of hydrogen-bond acceptors (Lipinski definition) is 3. The van der Waals surface area contributed by atoms with Crippen LogP contribution in [0.5, 0.6) is 0 Å². The number of rotatable bonds is 5. The molecule has 1 unspecified atom stereocenters. The number of carbonyl (C=O) groups excluding carboxylic acids is 1. The number of urea groups is 1. The standard InChI is InChI=1S/C17H30N4O/c1-19-13-15(11-14-7-3-2-4-8-14)20-17(22)21-10-6-5-9-16(21)12-18/h14-16,19H,2-11,13H2,1H3,(H,20,22)/t15-,16?/m0/s1. The van der Waals surface area contributed by atoms with Crippen LogP contribution in [-0.4, -0.2) is 43.2 Å². The molecule has 5 nitrogen and oxygen atoms in total. The van der Waals surface area contributed by atoms with Gasteiger partial charge >= 0.3 is 6.03 Å². The van der Waals surface area contributed by atoms with Gasteiger partial charge in [-0.3, -0.25) is 0 Å². The summed E-state index contributed by atoms with van der Waals surface area (Å²) in [5, 5.41) is 15.6. The van der Waals surface area contributed by atoms with E-state index in [0.717, 1.165) is 38.1 Å². The Kier molecular flexibility index (Phi) is 6.98. The van der Waals surface area contributed by atoms with Gasteiger partial charge in [-0.15, -0.1) is 0 Å². The van der Waals surface area contributed by atoms with Crippen LogP contribution in [0.4, 0.5) is 4.79 Å². The first-order valence-electron chi connectivity index (χ1n) is 8.86. The third-order valence-corrected chi connectivity index (χ3v) is 5.03. The van der Waals surface area contributed by atoms with Gasteiger partial charge in [-0.05, 0) is 38.6 Å². The zero-order valence-corrected chi connectivity index (χ0v) is 13.8. The number of nitrogens with one attached hydrogen (secondary N) is 2. The van der Waals surface area contributed by atoms with Crippen LogP contribution in [0.2, 0.25) is 0 Å². The Morgan fingerprint density at radius 2 is 1.95 bits per heavy atom. The first-order valence-corrected chi connectivity index (χ1v) is 8.86. The summed E-state index contributed by atoms with van der Waals surface area (Å²) < 4.78 is 0. The van der Waals surface area contributed by atoms with E-state index < -0.39 is 0 Å². The van der Waals surface area contributed by atoms with Gasteiger partial charge in [-0.2, -0.15) is 5.26 Å². The van der Waals surface area contributed by atoms with E-state index in [2.05, 4.69) is 16.7 Å². The van der Waals surface area contributed by atoms with Gasteiger partial charge in [0.25, 0.3) is 0 Å². The molecule has 1 heterocycles. The lowest BCUT2D eigenvalue weighted by molar-refractivity contribution is 0.163. The van der Waals surface area contributed by atoms with Gasteiger partial charge in [0.05, 0.1) is 6.07 Å². The van der Waals surface area contributed by atoms with Gasteiger partial charge in [0.2, 0.25) is 0 Å². The molecule has 2 rings (SSSR count). The number of piperidine rings is 1. The van der Waals surface area contributed by atoms with Crippen molar-refractivity contribution in [1.29, 1.82) is 5.26 Å². The number of likely N-dealkylation sites (tertiary alicyclic amines) is 1. The summed E-state index contributed by atoms with van der Waals surface area (Å²) in [5.74, 6) is 0.737. The Bertz CT molecular complexity index is 387. The highest BCUT2D eigenvalue weighted by molar-refractivity contribution is 5.75. The maximum Gasteiger partial charge on any atom is 0.318 e. The summed E-state index contributed by atoms with van der Waals surface area (Å²) in [5.41, 5.74) is 0. The van der Waals surface area contributed by atoms with Crippen LogP contribution in [0.25, 0.3) is 0 Å². The molecule has 1 aliphatic carbocycles. The minimum Gasteiger partial charge on any atom is -0.334 e. The van der Waals surface area contributed by atoms with Crippen molar-refractivity contribution in [2.45, 2.75) is 69.9 Å². The zero-order valence-electron chi connectivity index (χ0n) is 13.8. The summed E-state index contributed by atoms with van der Waals surface area (Å²) in [6, 6.07) is 2.13. The second-order valence-electron chi connectivity index (χ2n) is 6.78.